The summed E-state index contributed by atoms with van der Waals surface area (Å²) in [6.07, 6.45) is -2.72. The van der Waals surface area contributed by atoms with E-state index in [9.17, 15) is 0 Å². The second-order valence-corrected chi connectivity index (χ2v) is 1.73. The first-order valence-corrected chi connectivity index (χ1v) is 2.91. The molecule has 0 aromatic rings. The van der Waals surface area contributed by atoms with E-state index < -0.39 is 19.0 Å². The molecule has 2 unspecified atom stereocenters. The van der Waals surface area contributed by atoms with Gasteiger partial charge in [-0.2, -0.15) is 0 Å². The summed E-state index contributed by atoms with van der Waals surface area (Å²) in [5, 5.41) is 33.8. The molecular formula is C5H12O5. The van der Waals surface area contributed by atoms with E-state index in [0.717, 1.165) is 0 Å². The summed E-state index contributed by atoms with van der Waals surface area (Å²) in [5.74, 6) is 0. The average molecular weight is 152 g/mol. The molecule has 0 aliphatic rings. The smallest absolute Gasteiger partial charge is 0.183 e. The number of aliphatic hydroxyl groups is 4. The SMILES string of the molecule is OCCOC(O)C(O)CO. The van der Waals surface area contributed by atoms with Gasteiger partial charge in [-0.15, -0.1) is 0 Å². The van der Waals surface area contributed by atoms with E-state index in [1.54, 1.807) is 0 Å². The largest absolute Gasteiger partial charge is 0.394 e. The first-order chi connectivity index (χ1) is 4.72. The minimum Gasteiger partial charge on any atom is -0.394 e. The van der Waals surface area contributed by atoms with Gasteiger partial charge < -0.3 is 25.2 Å². The van der Waals surface area contributed by atoms with Crippen molar-refractivity contribution in [3.63, 3.8) is 0 Å². The molecule has 0 saturated carbocycles. The van der Waals surface area contributed by atoms with Gasteiger partial charge >= 0.3 is 0 Å². The summed E-state index contributed by atoms with van der Waals surface area (Å²) in [7, 11) is 0. The van der Waals surface area contributed by atoms with Crippen LogP contribution in [0.25, 0.3) is 0 Å². The van der Waals surface area contributed by atoms with Crippen molar-refractivity contribution in [1.82, 2.24) is 0 Å². The lowest BCUT2D eigenvalue weighted by Gasteiger charge is -2.14. The van der Waals surface area contributed by atoms with Crippen LogP contribution in [0.5, 0.6) is 0 Å². The normalized spacial score (nSPS) is 16.8. The number of hydrogen-bond acceptors (Lipinski definition) is 5. The van der Waals surface area contributed by atoms with Gasteiger partial charge in [0, 0.05) is 0 Å². The Morgan fingerprint density at radius 1 is 1.20 bits per heavy atom. The Labute approximate surface area is 58.5 Å². The number of aliphatic hydroxyl groups excluding tert-OH is 4. The third-order valence-electron chi connectivity index (χ3n) is 0.896. The highest BCUT2D eigenvalue weighted by Gasteiger charge is 2.14. The van der Waals surface area contributed by atoms with Crippen molar-refractivity contribution in [2.24, 2.45) is 0 Å². The van der Waals surface area contributed by atoms with Crippen LogP contribution in [0.3, 0.4) is 0 Å². The first-order valence-electron chi connectivity index (χ1n) is 2.91. The van der Waals surface area contributed by atoms with E-state index in [1.807, 2.05) is 0 Å². The van der Waals surface area contributed by atoms with Crippen molar-refractivity contribution in [3.05, 3.63) is 0 Å². The van der Waals surface area contributed by atoms with E-state index >= 15 is 0 Å². The van der Waals surface area contributed by atoms with Gasteiger partial charge in [0.2, 0.25) is 0 Å². The van der Waals surface area contributed by atoms with Gasteiger partial charge in [-0.1, -0.05) is 0 Å². The zero-order valence-corrected chi connectivity index (χ0v) is 5.47. The monoisotopic (exact) mass is 152 g/mol. The summed E-state index contributed by atoms with van der Waals surface area (Å²) < 4.78 is 4.44. The van der Waals surface area contributed by atoms with E-state index in [4.69, 9.17) is 20.4 Å². The molecule has 0 rings (SSSR count). The van der Waals surface area contributed by atoms with Crippen molar-refractivity contribution in [2.75, 3.05) is 19.8 Å². The van der Waals surface area contributed by atoms with Crippen LogP contribution in [0, 0.1) is 0 Å². The summed E-state index contributed by atoms with van der Waals surface area (Å²) >= 11 is 0. The highest BCUT2D eigenvalue weighted by molar-refractivity contribution is 4.54. The van der Waals surface area contributed by atoms with E-state index in [1.165, 1.54) is 0 Å². The second kappa shape index (κ2) is 5.57. The molecular weight excluding hydrogens is 140 g/mol. The molecule has 2 atom stereocenters. The highest BCUT2D eigenvalue weighted by Crippen LogP contribution is 1.93. The summed E-state index contributed by atoms with van der Waals surface area (Å²) in [5.41, 5.74) is 0. The van der Waals surface area contributed by atoms with Crippen LogP contribution in [0.15, 0.2) is 0 Å². The van der Waals surface area contributed by atoms with Crippen molar-refractivity contribution < 1.29 is 25.2 Å². The molecule has 0 aromatic carbocycles. The molecule has 0 aliphatic heterocycles. The fourth-order valence-corrected chi connectivity index (χ4v) is 0.375. The maximum atomic E-state index is 8.71. The lowest BCUT2D eigenvalue weighted by molar-refractivity contribution is -0.174. The third-order valence-corrected chi connectivity index (χ3v) is 0.896. The van der Waals surface area contributed by atoms with Crippen LogP contribution in [0.1, 0.15) is 0 Å². The zero-order chi connectivity index (χ0) is 7.98. The molecule has 0 aliphatic carbocycles. The quantitative estimate of drug-likeness (QED) is 0.332. The molecule has 0 radical (unpaired) electrons. The lowest BCUT2D eigenvalue weighted by atomic mass is 10.4. The average Bonchev–Trinajstić information content (AvgIpc) is 1.98. The summed E-state index contributed by atoms with van der Waals surface area (Å²) in [6, 6.07) is 0. The van der Waals surface area contributed by atoms with Gasteiger partial charge in [-0.05, 0) is 0 Å². The van der Waals surface area contributed by atoms with Crippen LogP contribution in [0.4, 0.5) is 0 Å². The standard InChI is InChI=1S/C5H12O5/c6-1-2-10-5(9)4(8)3-7/h4-9H,1-3H2. The first kappa shape index (κ1) is 9.80. The highest BCUT2D eigenvalue weighted by atomic mass is 16.6. The zero-order valence-electron chi connectivity index (χ0n) is 5.47. The van der Waals surface area contributed by atoms with Crippen LogP contribution in [0.2, 0.25) is 0 Å². The molecule has 4 N–H and O–H groups in total. The summed E-state index contributed by atoms with van der Waals surface area (Å²) in [6.45, 7) is -0.847. The Hall–Kier alpha value is -0.200. The minimum atomic E-state index is -1.42. The van der Waals surface area contributed by atoms with Crippen LogP contribution in [-0.4, -0.2) is 52.6 Å². The lowest BCUT2D eigenvalue weighted by Crippen LogP contribution is -2.32. The van der Waals surface area contributed by atoms with Crippen LogP contribution < -0.4 is 0 Å². The fraction of sp³-hybridized carbons (Fsp3) is 1.00. The molecule has 0 aromatic heterocycles. The van der Waals surface area contributed by atoms with Gasteiger partial charge in [-0.25, -0.2) is 0 Å². The molecule has 0 heterocycles. The maximum Gasteiger partial charge on any atom is 0.183 e. The minimum absolute atomic E-state index is 0.0573. The Balaban J connectivity index is 3.31. The molecule has 0 bridgehead atoms. The fourth-order valence-electron chi connectivity index (χ4n) is 0.375. The van der Waals surface area contributed by atoms with Crippen molar-refractivity contribution in [1.29, 1.82) is 0 Å². The van der Waals surface area contributed by atoms with E-state index in [2.05, 4.69) is 4.74 Å². The molecule has 5 nitrogen and oxygen atoms in total. The van der Waals surface area contributed by atoms with Gasteiger partial charge in [0.25, 0.3) is 0 Å². The molecule has 10 heavy (non-hydrogen) atoms. The van der Waals surface area contributed by atoms with E-state index in [0.29, 0.717) is 0 Å². The van der Waals surface area contributed by atoms with Gasteiger partial charge in [0.15, 0.2) is 6.29 Å². The summed E-state index contributed by atoms with van der Waals surface area (Å²) in [4.78, 5) is 0. The number of hydrogen-bond donors (Lipinski definition) is 4. The Morgan fingerprint density at radius 2 is 1.80 bits per heavy atom. The Kier molecular flexibility index (Phi) is 5.46. The Morgan fingerprint density at radius 3 is 2.20 bits per heavy atom. The molecule has 0 spiro atoms. The topological polar surface area (TPSA) is 90.2 Å². The molecule has 0 fully saturated rings. The van der Waals surface area contributed by atoms with Crippen LogP contribution >= 0.6 is 0 Å². The third kappa shape index (κ3) is 3.76. The molecule has 62 valence electrons. The van der Waals surface area contributed by atoms with Gasteiger partial charge in [0.05, 0.1) is 19.8 Å². The van der Waals surface area contributed by atoms with Crippen molar-refractivity contribution in [3.8, 4) is 0 Å². The number of rotatable bonds is 5. The molecule has 0 saturated heterocycles. The van der Waals surface area contributed by atoms with Gasteiger partial charge in [0.1, 0.15) is 6.10 Å². The number of ether oxygens (including phenoxy) is 1. The predicted molar refractivity (Wildman–Crippen MR) is 32.1 cm³/mol. The molecule has 5 heteroatoms. The van der Waals surface area contributed by atoms with E-state index in [-0.39, 0.29) is 13.2 Å². The van der Waals surface area contributed by atoms with Crippen molar-refractivity contribution >= 4 is 0 Å². The maximum absolute atomic E-state index is 8.71. The van der Waals surface area contributed by atoms with Crippen molar-refractivity contribution in [2.45, 2.75) is 12.4 Å². The predicted octanol–water partition coefficient (Wildman–Crippen LogP) is -2.33. The second-order valence-electron chi connectivity index (χ2n) is 1.73. The Bertz CT molecular complexity index is 76.4. The van der Waals surface area contributed by atoms with Crippen LogP contribution in [-0.2, 0) is 4.74 Å². The molecule has 0 amide bonds. The van der Waals surface area contributed by atoms with Gasteiger partial charge in [-0.3, -0.25) is 0 Å².